The zero-order valence-corrected chi connectivity index (χ0v) is 11.7. The van der Waals surface area contributed by atoms with Crippen LogP contribution < -0.4 is 14.8 Å². The highest BCUT2D eigenvalue weighted by atomic mass is 16.5. The zero-order valence-electron chi connectivity index (χ0n) is 11.7. The molecule has 1 aromatic carbocycles. The summed E-state index contributed by atoms with van der Waals surface area (Å²) in [5.41, 5.74) is 0.931. The van der Waals surface area contributed by atoms with Crippen molar-refractivity contribution in [3.8, 4) is 23.1 Å². The number of hydrogen-bond donors (Lipinski definition) is 2. The number of anilines is 1. The van der Waals surface area contributed by atoms with Crippen molar-refractivity contribution < 1.29 is 19.4 Å². The van der Waals surface area contributed by atoms with Crippen molar-refractivity contribution in [2.24, 2.45) is 0 Å². The van der Waals surface area contributed by atoms with Gasteiger partial charge in [0.2, 0.25) is 11.8 Å². The SMILES string of the molecule is CCOc1cc(OC)nc(-c2ccccc2NC(=O)O)n1. The number of para-hydroxylation sites is 1. The van der Waals surface area contributed by atoms with Crippen LogP contribution in [0.25, 0.3) is 11.4 Å². The Kier molecular flexibility index (Phi) is 4.55. The highest BCUT2D eigenvalue weighted by Gasteiger charge is 2.13. The van der Waals surface area contributed by atoms with Gasteiger partial charge in [0.15, 0.2) is 5.82 Å². The van der Waals surface area contributed by atoms with E-state index in [-0.39, 0.29) is 0 Å². The van der Waals surface area contributed by atoms with Gasteiger partial charge in [-0.2, -0.15) is 9.97 Å². The van der Waals surface area contributed by atoms with E-state index in [0.29, 0.717) is 35.4 Å². The molecular weight excluding hydrogens is 274 g/mol. The predicted molar refractivity (Wildman–Crippen MR) is 76.8 cm³/mol. The number of ether oxygens (including phenoxy) is 2. The molecule has 0 fully saturated rings. The average Bonchev–Trinajstić information content (AvgIpc) is 2.47. The zero-order chi connectivity index (χ0) is 15.2. The minimum atomic E-state index is -1.16. The van der Waals surface area contributed by atoms with Gasteiger partial charge in [-0.1, -0.05) is 12.1 Å². The number of hydrogen-bond acceptors (Lipinski definition) is 5. The molecule has 1 amide bonds. The molecule has 0 aliphatic rings. The van der Waals surface area contributed by atoms with E-state index in [4.69, 9.17) is 14.6 Å². The molecule has 21 heavy (non-hydrogen) atoms. The maximum absolute atomic E-state index is 10.8. The third kappa shape index (κ3) is 3.59. The summed E-state index contributed by atoms with van der Waals surface area (Å²) in [5.74, 6) is 1.03. The first-order chi connectivity index (χ1) is 10.1. The second-order valence-corrected chi connectivity index (χ2v) is 3.98. The highest BCUT2D eigenvalue weighted by Crippen LogP contribution is 2.28. The Labute approximate surface area is 121 Å². The van der Waals surface area contributed by atoms with Gasteiger partial charge in [0, 0.05) is 5.56 Å². The molecule has 2 N–H and O–H groups in total. The van der Waals surface area contributed by atoms with Crippen LogP contribution in [0.2, 0.25) is 0 Å². The third-order valence-corrected chi connectivity index (χ3v) is 2.59. The highest BCUT2D eigenvalue weighted by molar-refractivity contribution is 5.89. The molecule has 0 saturated heterocycles. The molecule has 7 heteroatoms. The van der Waals surface area contributed by atoms with E-state index in [9.17, 15) is 4.79 Å². The van der Waals surface area contributed by atoms with Crippen LogP contribution in [0.1, 0.15) is 6.92 Å². The standard InChI is InChI=1S/C14H15N3O4/c1-3-21-12-8-11(20-2)16-13(17-12)9-6-4-5-7-10(9)15-14(18)19/h4-8,15H,3H2,1-2H3,(H,18,19). The average molecular weight is 289 g/mol. The fraction of sp³-hybridized carbons (Fsp3) is 0.214. The van der Waals surface area contributed by atoms with E-state index < -0.39 is 6.09 Å². The van der Waals surface area contributed by atoms with Gasteiger partial charge in [-0.25, -0.2) is 4.79 Å². The topological polar surface area (TPSA) is 93.6 Å². The predicted octanol–water partition coefficient (Wildman–Crippen LogP) is 2.64. The summed E-state index contributed by atoms with van der Waals surface area (Å²) in [6.07, 6.45) is -1.16. The summed E-state index contributed by atoms with van der Waals surface area (Å²) in [5, 5.41) is 11.2. The van der Waals surface area contributed by atoms with Gasteiger partial charge >= 0.3 is 6.09 Å². The number of nitrogens with zero attached hydrogens (tertiary/aromatic N) is 2. The molecule has 1 aromatic heterocycles. The molecule has 0 unspecified atom stereocenters. The maximum Gasteiger partial charge on any atom is 0.409 e. The van der Waals surface area contributed by atoms with E-state index in [1.807, 2.05) is 6.92 Å². The molecule has 0 aliphatic carbocycles. The second kappa shape index (κ2) is 6.56. The quantitative estimate of drug-likeness (QED) is 0.878. The van der Waals surface area contributed by atoms with E-state index >= 15 is 0 Å². The molecule has 110 valence electrons. The lowest BCUT2D eigenvalue weighted by molar-refractivity contribution is 0.210. The van der Waals surface area contributed by atoms with Crippen LogP contribution in [0.4, 0.5) is 10.5 Å². The first-order valence-electron chi connectivity index (χ1n) is 6.29. The lowest BCUT2D eigenvalue weighted by Gasteiger charge is -2.10. The van der Waals surface area contributed by atoms with Crippen molar-refractivity contribution in [2.45, 2.75) is 6.92 Å². The Balaban J connectivity index is 2.50. The summed E-state index contributed by atoms with van der Waals surface area (Å²) in [7, 11) is 1.49. The van der Waals surface area contributed by atoms with Crippen molar-refractivity contribution in [1.82, 2.24) is 9.97 Å². The van der Waals surface area contributed by atoms with Crippen LogP contribution >= 0.6 is 0 Å². The molecule has 0 spiro atoms. The van der Waals surface area contributed by atoms with Gasteiger partial charge in [0.1, 0.15) is 0 Å². The van der Waals surface area contributed by atoms with E-state index in [1.54, 1.807) is 30.3 Å². The lowest BCUT2D eigenvalue weighted by Crippen LogP contribution is -2.09. The second-order valence-electron chi connectivity index (χ2n) is 3.98. The number of benzene rings is 1. The number of nitrogens with one attached hydrogen (secondary N) is 1. The van der Waals surface area contributed by atoms with Crippen molar-refractivity contribution in [3.63, 3.8) is 0 Å². The number of rotatable bonds is 5. The van der Waals surface area contributed by atoms with Crippen LogP contribution in [-0.4, -0.2) is 34.9 Å². The van der Waals surface area contributed by atoms with Gasteiger partial charge in [0.25, 0.3) is 0 Å². The summed E-state index contributed by atoms with van der Waals surface area (Å²) < 4.78 is 10.5. The first kappa shape index (κ1) is 14.6. The number of methoxy groups -OCH3 is 1. The van der Waals surface area contributed by atoms with Crippen LogP contribution in [0.3, 0.4) is 0 Å². The summed E-state index contributed by atoms with van der Waals surface area (Å²) >= 11 is 0. The van der Waals surface area contributed by atoms with Crippen molar-refractivity contribution in [1.29, 1.82) is 0 Å². The van der Waals surface area contributed by atoms with Crippen LogP contribution in [0.5, 0.6) is 11.8 Å². The fourth-order valence-corrected chi connectivity index (χ4v) is 1.75. The van der Waals surface area contributed by atoms with Gasteiger partial charge < -0.3 is 14.6 Å². The van der Waals surface area contributed by atoms with Crippen LogP contribution in [-0.2, 0) is 0 Å². The summed E-state index contributed by atoms with van der Waals surface area (Å²) in [6, 6.07) is 8.41. The normalized spacial score (nSPS) is 10.0. The van der Waals surface area contributed by atoms with E-state index in [0.717, 1.165) is 0 Å². The lowest BCUT2D eigenvalue weighted by atomic mass is 10.1. The third-order valence-electron chi connectivity index (χ3n) is 2.59. The Morgan fingerprint density at radius 1 is 1.29 bits per heavy atom. The number of amides is 1. The number of carbonyl (C=O) groups is 1. The molecule has 0 aliphatic heterocycles. The van der Waals surface area contributed by atoms with Crippen LogP contribution in [0, 0.1) is 0 Å². The number of carboxylic acid groups (broad SMARTS) is 1. The maximum atomic E-state index is 10.8. The monoisotopic (exact) mass is 289 g/mol. The number of aromatic nitrogens is 2. The summed E-state index contributed by atoms with van der Waals surface area (Å²) in [4.78, 5) is 19.3. The van der Waals surface area contributed by atoms with Crippen molar-refractivity contribution in [3.05, 3.63) is 30.3 Å². The largest absolute Gasteiger partial charge is 0.481 e. The smallest absolute Gasteiger partial charge is 0.409 e. The van der Waals surface area contributed by atoms with Crippen molar-refractivity contribution >= 4 is 11.8 Å². The Morgan fingerprint density at radius 2 is 2.00 bits per heavy atom. The van der Waals surface area contributed by atoms with Gasteiger partial charge in [-0.05, 0) is 19.1 Å². The Bertz CT molecular complexity index is 646. The molecule has 0 atom stereocenters. The van der Waals surface area contributed by atoms with E-state index in [1.165, 1.54) is 7.11 Å². The minimum Gasteiger partial charge on any atom is -0.481 e. The fourth-order valence-electron chi connectivity index (χ4n) is 1.75. The molecule has 2 aromatic rings. The molecule has 0 saturated carbocycles. The molecular formula is C14H15N3O4. The van der Waals surface area contributed by atoms with Gasteiger partial charge in [0.05, 0.1) is 25.5 Å². The Hall–Kier alpha value is -2.83. The first-order valence-corrected chi connectivity index (χ1v) is 6.29. The Morgan fingerprint density at radius 3 is 2.67 bits per heavy atom. The molecule has 0 bridgehead atoms. The molecule has 0 radical (unpaired) electrons. The van der Waals surface area contributed by atoms with E-state index in [2.05, 4.69) is 15.3 Å². The minimum absolute atomic E-state index is 0.321. The molecule has 1 heterocycles. The summed E-state index contributed by atoms with van der Waals surface area (Å²) in [6.45, 7) is 2.29. The van der Waals surface area contributed by atoms with Gasteiger partial charge in [-0.15, -0.1) is 0 Å². The molecule has 2 rings (SSSR count). The molecule has 7 nitrogen and oxygen atoms in total. The van der Waals surface area contributed by atoms with Crippen molar-refractivity contribution in [2.75, 3.05) is 19.0 Å². The van der Waals surface area contributed by atoms with Crippen LogP contribution in [0.15, 0.2) is 30.3 Å². The van der Waals surface area contributed by atoms with Gasteiger partial charge in [-0.3, -0.25) is 5.32 Å².